The summed E-state index contributed by atoms with van der Waals surface area (Å²) >= 11 is 0. The molecule has 2 amide bonds. The first kappa shape index (κ1) is 23.1. The van der Waals surface area contributed by atoms with Crippen molar-refractivity contribution in [3.8, 4) is 5.75 Å². The zero-order chi connectivity index (χ0) is 23.4. The van der Waals surface area contributed by atoms with Gasteiger partial charge in [-0.25, -0.2) is 0 Å². The highest BCUT2D eigenvalue weighted by Gasteiger charge is 2.30. The predicted octanol–water partition coefficient (Wildman–Crippen LogP) is 6.03. The van der Waals surface area contributed by atoms with Crippen molar-refractivity contribution in [2.45, 2.75) is 45.6 Å². The van der Waals surface area contributed by atoms with E-state index in [0.29, 0.717) is 22.7 Å². The van der Waals surface area contributed by atoms with Crippen molar-refractivity contribution < 1.29 is 14.3 Å². The van der Waals surface area contributed by atoms with Gasteiger partial charge in [0.25, 0.3) is 11.8 Å². The first-order valence-corrected chi connectivity index (χ1v) is 10.6. The fourth-order valence-corrected chi connectivity index (χ4v) is 3.11. The Morgan fingerprint density at radius 1 is 0.719 bits per heavy atom. The lowest BCUT2D eigenvalue weighted by Gasteiger charge is -2.25. The third kappa shape index (κ3) is 5.97. The maximum Gasteiger partial charge on any atom is 0.267 e. The second kappa shape index (κ2) is 9.27. The largest absolute Gasteiger partial charge is 0.478 e. The van der Waals surface area contributed by atoms with Crippen molar-refractivity contribution in [3.05, 3.63) is 90.0 Å². The fourth-order valence-electron chi connectivity index (χ4n) is 3.11. The van der Waals surface area contributed by atoms with E-state index in [-0.39, 0.29) is 17.2 Å². The molecule has 5 heteroatoms. The van der Waals surface area contributed by atoms with E-state index >= 15 is 0 Å². The summed E-state index contributed by atoms with van der Waals surface area (Å²) in [5.74, 6) is 0.121. The van der Waals surface area contributed by atoms with E-state index in [1.54, 1.807) is 50.2 Å². The highest BCUT2D eigenvalue weighted by atomic mass is 16.5. The highest BCUT2D eigenvalue weighted by Crippen LogP contribution is 2.24. The maximum atomic E-state index is 12.8. The van der Waals surface area contributed by atoms with Crippen LogP contribution in [-0.2, 0) is 10.2 Å². The summed E-state index contributed by atoms with van der Waals surface area (Å²) in [7, 11) is 0. The summed E-state index contributed by atoms with van der Waals surface area (Å²) in [6.07, 6.45) is 0. The molecule has 0 aromatic heterocycles. The SMILES string of the molecule is CC(C)(Oc1ccccc1)C(=O)Nc1cccc(NC(=O)c2ccc(C(C)(C)C)cc2)c1. The summed E-state index contributed by atoms with van der Waals surface area (Å²) in [5, 5.41) is 5.75. The Balaban J connectivity index is 1.66. The molecule has 0 radical (unpaired) electrons. The number of carbonyl (C=O) groups is 2. The molecular formula is C27H30N2O3. The molecule has 3 aromatic carbocycles. The van der Waals surface area contributed by atoms with Gasteiger partial charge in [0.05, 0.1) is 0 Å². The average Bonchev–Trinajstić information content (AvgIpc) is 2.74. The van der Waals surface area contributed by atoms with Crippen LogP contribution in [0.15, 0.2) is 78.9 Å². The Hall–Kier alpha value is -3.60. The molecule has 2 N–H and O–H groups in total. The number of rotatable bonds is 6. The van der Waals surface area contributed by atoms with E-state index < -0.39 is 5.60 Å². The van der Waals surface area contributed by atoms with Crippen LogP contribution >= 0.6 is 0 Å². The molecule has 0 heterocycles. The molecule has 3 aromatic rings. The number of carbonyl (C=O) groups excluding carboxylic acids is 2. The summed E-state index contributed by atoms with van der Waals surface area (Å²) in [6, 6.07) is 23.8. The van der Waals surface area contributed by atoms with Gasteiger partial charge in [0, 0.05) is 16.9 Å². The molecule has 166 valence electrons. The van der Waals surface area contributed by atoms with Crippen LogP contribution in [0.2, 0.25) is 0 Å². The third-order valence-corrected chi connectivity index (χ3v) is 5.05. The van der Waals surface area contributed by atoms with Crippen molar-refractivity contribution in [3.63, 3.8) is 0 Å². The molecule has 0 unspecified atom stereocenters. The van der Waals surface area contributed by atoms with E-state index in [4.69, 9.17) is 4.74 Å². The zero-order valence-corrected chi connectivity index (χ0v) is 19.2. The number of anilines is 2. The number of hydrogen-bond donors (Lipinski definition) is 2. The van der Waals surface area contributed by atoms with E-state index in [1.807, 2.05) is 42.5 Å². The minimum absolute atomic E-state index is 0.0273. The van der Waals surface area contributed by atoms with Gasteiger partial charge in [-0.1, -0.05) is 57.2 Å². The molecule has 5 nitrogen and oxygen atoms in total. The molecule has 0 spiro atoms. The summed E-state index contributed by atoms with van der Waals surface area (Å²) < 4.78 is 5.84. The summed E-state index contributed by atoms with van der Waals surface area (Å²) in [6.45, 7) is 9.82. The lowest BCUT2D eigenvalue weighted by Crippen LogP contribution is -2.42. The highest BCUT2D eigenvalue weighted by molar-refractivity contribution is 6.05. The predicted molar refractivity (Wildman–Crippen MR) is 129 cm³/mol. The minimum atomic E-state index is -1.07. The second-order valence-electron chi connectivity index (χ2n) is 9.24. The number of amides is 2. The molecule has 0 aliphatic heterocycles. The summed E-state index contributed by atoms with van der Waals surface area (Å²) in [5.41, 5.74) is 1.86. The van der Waals surface area contributed by atoms with Gasteiger partial charge in [-0.3, -0.25) is 9.59 Å². The van der Waals surface area contributed by atoms with Gasteiger partial charge in [0.15, 0.2) is 5.60 Å². The lowest BCUT2D eigenvalue weighted by molar-refractivity contribution is -0.128. The third-order valence-electron chi connectivity index (χ3n) is 5.05. The first-order valence-electron chi connectivity index (χ1n) is 10.6. The smallest absolute Gasteiger partial charge is 0.267 e. The van der Waals surface area contributed by atoms with Crippen molar-refractivity contribution in [2.24, 2.45) is 0 Å². The Bertz CT molecular complexity index is 1080. The molecule has 0 bridgehead atoms. The van der Waals surface area contributed by atoms with Crippen LogP contribution in [-0.4, -0.2) is 17.4 Å². The average molecular weight is 431 g/mol. The summed E-state index contributed by atoms with van der Waals surface area (Å²) in [4.78, 5) is 25.4. The maximum absolute atomic E-state index is 12.8. The van der Waals surface area contributed by atoms with Gasteiger partial charge in [-0.05, 0) is 67.3 Å². The number of ether oxygens (including phenoxy) is 1. The van der Waals surface area contributed by atoms with Gasteiger partial charge >= 0.3 is 0 Å². The van der Waals surface area contributed by atoms with Gasteiger partial charge in [-0.15, -0.1) is 0 Å². The molecule has 0 aliphatic carbocycles. The van der Waals surface area contributed by atoms with Crippen LogP contribution in [0.5, 0.6) is 5.75 Å². The minimum Gasteiger partial charge on any atom is -0.478 e. The Morgan fingerprint density at radius 3 is 1.91 bits per heavy atom. The van der Waals surface area contributed by atoms with Crippen molar-refractivity contribution >= 4 is 23.2 Å². The van der Waals surface area contributed by atoms with Gasteiger partial charge in [0.1, 0.15) is 5.75 Å². The van der Waals surface area contributed by atoms with Gasteiger partial charge < -0.3 is 15.4 Å². The molecule has 0 saturated carbocycles. The van der Waals surface area contributed by atoms with Crippen LogP contribution in [0.4, 0.5) is 11.4 Å². The molecule has 0 aliphatic rings. The van der Waals surface area contributed by atoms with E-state index in [9.17, 15) is 9.59 Å². The van der Waals surface area contributed by atoms with Gasteiger partial charge in [-0.2, -0.15) is 0 Å². The standard InChI is InChI=1S/C27H30N2O3/c1-26(2,3)20-16-14-19(15-17-20)24(30)28-21-10-9-11-22(18-21)29-25(31)27(4,5)32-23-12-7-6-8-13-23/h6-18H,1-5H3,(H,28,30)(H,29,31). The Kier molecular flexibility index (Phi) is 6.68. The van der Waals surface area contributed by atoms with Gasteiger partial charge in [0.2, 0.25) is 0 Å². The fraction of sp³-hybridized carbons (Fsp3) is 0.259. The van der Waals surface area contributed by atoms with E-state index in [0.717, 1.165) is 0 Å². The Labute approximate surface area is 189 Å². The number of para-hydroxylation sites is 1. The monoisotopic (exact) mass is 430 g/mol. The van der Waals surface area contributed by atoms with Crippen LogP contribution < -0.4 is 15.4 Å². The van der Waals surface area contributed by atoms with E-state index in [2.05, 4.69) is 31.4 Å². The van der Waals surface area contributed by atoms with Crippen LogP contribution in [0.25, 0.3) is 0 Å². The van der Waals surface area contributed by atoms with Crippen molar-refractivity contribution in [1.29, 1.82) is 0 Å². The number of hydrogen-bond acceptors (Lipinski definition) is 3. The molecule has 3 rings (SSSR count). The topological polar surface area (TPSA) is 67.4 Å². The lowest BCUT2D eigenvalue weighted by atomic mass is 9.87. The normalized spacial score (nSPS) is 11.5. The van der Waals surface area contributed by atoms with Crippen molar-refractivity contribution in [1.82, 2.24) is 0 Å². The number of benzene rings is 3. The quantitative estimate of drug-likeness (QED) is 0.501. The van der Waals surface area contributed by atoms with Crippen molar-refractivity contribution in [2.75, 3.05) is 10.6 Å². The van der Waals surface area contributed by atoms with Crippen LogP contribution in [0.1, 0.15) is 50.5 Å². The zero-order valence-electron chi connectivity index (χ0n) is 19.2. The van der Waals surface area contributed by atoms with E-state index in [1.165, 1.54) is 5.56 Å². The molecule has 32 heavy (non-hydrogen) atoms. The second-order valence-corrected chi connectivity index (χ2v) is 9.24. The van der Waals surface area contributed by atoms with Crippen LogP contribution in [0.3, 0.4) is 0 Å². The molecular weight excluding hydrogens is 400 g/mol. The molecule has 0 atom stereocenters. The molecule has 0 saturated heterocycles. The molecule has 0 fully saturated rings. The first-order chi connectivity index (χ1) is 15.0. The Morgan fingerprint density at radius 2 is 1.31 bits per heavy atom. The number of nitrogens with one attached hydrogen (secondary N) is 2. The van der Waals surface area contributed by atoms with Crippen LogP contribution in [0, 0.1) is 0 Å².